The Bertz CT molecular complexity index is 1190. The summed E-state index contributed by atoms with van der Waals surface area (Å²) >= 11 is 0. The molecule has 34 heavy (non-hydrogen) atoms. The van der Waals surface area contributed by atoms with Gasteiger partial charge in [-0.25, -0.2) is 4.39 Å². The largest absolute Gasteiger partial charge is 0.378 e. The second kappa shape index (κ2) is 9.65. The molecule has 3 aromatic carbocycles. The molecular formula is C27H26FN3O3. The Morgan fingerprint density at radius 3 is 2.29 bits per heavy atom. The van der Waals surface area contributed by atoms with E-state index in [1.165, 1.54) is 24.3 Å². The van der Waals surface area contributed by atoms with Gasteiger partial charge >= 0.3 is 0 Å². The van der Waals surface area contributed by atoms with E-state index >= 15 is 0 Å². The van der Waals surface area contributed by atoms with Crippen molar-refractivity contribution in [3.05, 3.63) is 89.2 Å². The van der Waals surface area contributed by atoms with Crippen LogP contribution in [0.5, 0.6) is 0 Å². The van der Waals surface area contributed by atoms with Gasteiger partial charge in [-0.2, -0.15) is 0 Å². The Balaban J connectivity index is 1.36. The minimum absolute atomic E-state index is 0.0588. The molecular weight excluding hydrogens is 433 g/mol. The molecule has 0 aliphatic carbocycles. The summed E-state index contributed by atoms with van der Waals surface area (Å²) in [6.07, 6.45) is 1.56. The predicted octanol–water partition coefficient (Wildman–Crippen LogP) is 4.51. The molecule has 6 nitrogen and oxygen atoms in total. The van der Waals surface area contributed by atoms with E-state index in [1.54, 1.807) is 4.90 Å². The zero-order valence-corrected chi connectivity index (χ0v) is 18.8. The molecule has 2 heterocycles. The van der Waals surface area contributed by atoms with Crippen molar-refractivity contribution >= 4 is 28.9 Å². The highest BCUT2D eigenvalue weighted by molar-refractivity contribution is 6.09. The molecule has 5 rings (SSSR count). The van der Waals surface area contributed by atoms with E-state index < -0.39 is 0 Å². The fourth-order valence-electron chi connectivity index (χ4n) is 4.54. The van der Waals surface area contributed by atoms with E-state index in [0.717, 1.165) is 42.9 Å². The molecule has 1 saturated heterocycles. The molecule has 0 radical (unpaired) electrons. The number of carbonyl (C=O) groups excluding carboxylic acids is 2. The second-order valence-corrected chi connectivity index (χ2v) is 8.47. The Morgan fingerprint density at radius 1 is 0.853 bits per heavy atom. The lowest BCUT2D eigenvalue weighted by atomic mass is 9.98. The zero-order valence-electron chi connectivity index (χ0n) is 18.8. The van der Waals surface area contributed by atoms with E-state index in [2.05, 4.69) is 10.2 Å². The first-order valence-corrected chi connectivity index (χ1v) is 11.5. The number of anilines is 3. The molecule has 174 valence electrons. The molecule has 1 N–H and O–H groups in total. The maximum Gasteiger partial charge on any atom is 0.258 e. The number of ether oxygens (including phenoxy) is 1. The van der Waals surface area contributed by atoms with Crippen LogP contribution in [-0.2, 0) is 11.2 Å². The fraction of sp³-hybridized carbons (Fsp3) is 0.259. The topological polar surface area (TPSA) is 61.9 Å². The van der Waals surface area contributed by atoms with Gasteiger partial charge in [0.15, 0.2) is 0 Å². The summed E-state index contributed by atoms with van der Waals surface area (Å²) in [5.74, 6) is -0.757. The quantitative estimate of drug-likeness (QED) is 0.624. The molecule has 1 fully saturated rings. The molecule has 0 spiro atoms. The van der Waals surface area contributed by atoms with Crippen molar-refractivity contribution in [3.63, 3.8) is 0 Å². The van der Waals surface area contributed by atoms with Gasteiger partial charge in [-0.1, -0.05) is 6.07 Å². The Labute approximate surface area is 197 Å². The standard InChI is InChI=1S/C27H26FN3O3/c28-21-10-6-19(7-11-21)26(32)29-24-4-1-5-25-23(24)3-2-14-31(25)27(33)20-8-12-22(13-9-20)30-15-17-34-18-16-30/h1,4-13H,2-3,14-18H2,(H,29,32). The Kier molecular flexibility index (Phi) is 6.27. The van der Waals surface area contributed by atoms with E-state index in [9.17, 15) is 14.0 Å². The highest BCUT2D eigenvalue weighted by Crippen LogP contribution is 2.34. The first-order valence-electron chi connectivity index (χ1n) is 11.5. The van der Waals surface area contributed by atoms with Crippen LogP contribution in [0.4, 0.5) is 21.5 Å². The van der Waals surface area contributed by atoms with Gasteiger partial charge in [0, 0.05) is 47.8 Å². The van der Waals surface area contributed by atoms with Crippen molar-refractivity contribution in [2.24, 2.45) is 0 Å². The van der Waals surface area contributed by atoms with Crippen LogP contribution >= 0.6 is 0 Å². The average molecular weight is 460 g/mol. The summed E-state index contributed by atoms with van der Waals surface area (Å²) in [7, 11) is 0. The van der Waals surface area contributed by atoms with Crippen LogP contribution in [-0.4, -0.2) is 44.7 Å². The van der Waals surface area contributed by atoms with Gasteiger partial charge in [0.25, 0.3) is 11.8 Å². The van der Waals surface area contributed by atoms with Crippen molar-refractivity contribution < 1.29 is 18.7 Å². The molecule has 3 aromatic rings. The lowest BCUT2D eigenvalue weighted by Crippen LogP contribution is -2.37. The maximum absolute atomic E-state index is 13.4. The zero-order chi connectivity index (χ0) is 23.5. The number of hydrogen-bond donors (Lipinski definition) is 1. The van der Waals surface area contributed by atoms with Crippen molar-refractivity contribution in [2.75, 3.05) is 48.0 Å². The fourth-order valence-corrected chi connectivity index (χ4v) is 4.54. The number of amides is 2. The lowest BCUT2D eigenvalue weighted by molar-refractivity contribution is 0.0984. The molecule has 0 atom stereocenters. The third-order valence-corrected chi connectivity index (χ3v) is 6.34. The number of nitrogens with zero attached hydrogens (tertiary/aromatic N) is 2. The van der Waals surface area contributed by atoms with Crippen LogP contribution in [0.3, 0.4) is 0 Å². The monoisotopic (exact) mass is 459 g/mol. The van der Waals surface area contributed by atoms with Crippen molar-refractivity contribution in [2.45, 2.75) is 12.8 Å². The third-order valence-electron chi connectivity index (χ3n) is 6.34. The van der Waals surface area contributed by atoms with Crippen molar-refractivity contribution in [1.82, 2.24) is 0 Å². The van der Waals surface area contributed by atoms with Crippen LogP contribution in [0.1, 0.15) is 32.7 Å². The van der Waals surface area contributed by atoms with E-state index in [1.807, 2.05) is 42.5 Å². The van der Waals surface area contributed by atoms with Gasteiger partial charge < -0.3 is 19.9 Å². The summed E-state index contributed by atoms with van der Waals surface area (Å²) in [4.78, 5) is 30.1. The van der Waals surface area contributed by atoms with Crippen LogP contribution < -0.4 is 15.1 Å². The molecule has 0 aromatic heterocycles. The van der Waals surface area contributed by atoms with Crippen LogP contribution in [0.2, 0.25) is 0 Å². The summed E-state index contributed by atoms with van der Waals surface area (Å²) < 4.78 is 18.6. The number of nitrogens with one attached hydrogen (secondary N) is 1. The average Bonchev–Trinajstić information content (AvgIpc) is 2.89. The molecule has 7 heteroatoms. The number of rotatable bonds is 4. The summed E-state index contributed by atoms with van der Waals surface area (Å²) in [5.41, 5.74) is 4.51. The summed E-state index contributed by atoms with van der Waals surface area (Å²) in [5, 5.41) is 2.93. The number of carbonyl (C=O) groups is 2. The highest BCUT2D eigenvalue weighted by Gasteiger charge is 2.26. The number of fused-ring (bicyclic) bond motifs is 1. The second-order valence-electron chi connectivity index (χ2n) is 8.47. The maximum atomic E-state index is 13.4. The summed E-state index contributed by atoms with van der Waals surface area (Å²) in [6, 6.07) is 18.8. The highest BCUT2D eigenvalue weighted by atomic mass is 19.1. The molecule has 0 bridgehead atoms. The van der Waals surface area contributed by atoms with Gasteiger partial charge in [0.2, 0.25) is 0 Å². The number of hydrogen-bond acceptors (Lipinski definition) is 4. The predicted molar refractivity (Wildman–Crippen MR) is 130 cm³/mol. The van der Waals surface area contributed by atoms with Crippen LogP contribution in [0.25, 0.3) is 0 Å². The molecule has 2 amide bonds. The number of morpholine rings is 1. The Hall–Kier alpha value is -3.71. The van der Waals surface area contributed by atoms with Crippen molar-refractivity contribution in [3.8, 4) is 0 Å². The number of benzene rings is 3. The van der Waals surface area contributed by atoms with Gasteiger partial charge in [-0.15, -0.1) is 0 Å². The van der Waals surface area contributed by atoms with Crippen molar-refractivity contribution in [1.29, 1.82) is 0 Å². The van der Waals surface area contributed by atoms with Crippen LogP contribution in [0.15, 0.2) is 66.7 Å². The lowest BCUT2D eigenvalue weighted by Gasteiger charge is -2.31. The van der Waals surface area contributed by atoms with Gasteiger partial charge in [0.05, 0.1) is 13.2 Å². The normalized spacial score (nSPS) is 15.6. The van der Waals surface area contributed by atoms with Gasteiger partial charge in [0.1, 0.15) is 5.82 Å². The van der Waals surface area contributed by atoms with Gasteiger partial charge in [-0.05, 0) is 79.1 Å². The summed E-state index contributed by atoms with van der Waals surface area (Å²) in [6.45, 7) is 3.74. The van der Waals surface area contributed by atoms with E-state index in [4.69, 9.17) is 4.74 Å². The van der Waals surface area contributed by atoms with E-state index in [0.29, 0.717) is 36.6 Å². The Morgan fingerprint density at radius 2 is 1.56 bits per heavy atom. The molecule has 0 unspecified atom stereocenters. The third kappa shape index (κ3) is 4.52. The minimum atomic E-state index is -0.388. The van der Waals surface area contributed by atoms with Gasteiger partial charge in [-0.3, -0.25) is 9.59 Å². The van der Waals surface area contributed by atoms with Crippen LogP contribution in [0, 0.1) is 5.82 Å². The SMILES string of the molecule is O=C(Nc1cccc2c1CCCN2C(=O)c1ccc(N2CCOCC2)cc1)c1ccc(F)cc1. The number of halogens is 1. The first kappa shape index (κ1) is 22.1. The van der Waals surface area contributed by atoms with E-state index in [-0.39, 0.29) is 17.6 Å². The molecule has 0 saturated carbocycles. The smallest absolute Gasteiger partial charge is 0.258 e. The minimum Gasteiger partial charge on any atom is -0.378 e. The molecule has 2 aliphatic heterocycles. The molecule has 2 aliphatic rings. The first-order chi connectivity index (χ1) is 16.6.